The van der Waals surface area contributed by atoms with Crippen LogP contribution in [0.25, 0.3) is 0 Å². The van der Waals surface area contributed by atoms with Crippen LogP contribution in [0, 0.1) is 5.41 Å². The number of hydrogen-bond donors (Lipinski definition) is 1. The molecule has 1 atom stereocenters. The van der Waals surface area contributed by atoms with Crippen molar-refractivity contribution in [3.63, 3.8) is 0 Å². The molecule has 18 heavy (non-hydrogen) atoms. The van der Waals surface area contributed by atoms with E-state index in [-0.39, 0.29) is 0 Å². The average Bonchev–Trinajstić information content (AvgIpc) is 2.91. The van der Waals surface area contributed by atoms with Gasteiger partial charge >= 0.3 is 0 Å². The van der Waals surface area contributed by atoms with Gasteiger partial charge in [0.25, 0.3) is 0 Å². The van der Waals surface area contributed by atoms with E-state index in [1.807, 2.05) is 6.07 Å². The Hall–Kier alpha value is -1.02. The smallest absolute Gasteiger partial charge is 0.119 e. The van der Waals surface area contributed by atoms with Crippen molar-refractivity contribution >= 4 is 0 Å². The molecular weight excluding hydrogens is 222 g/mol. The van der Waals surface area contributed by atoms with Crippen LogP contribution < -0.4 is 10.1 Å². The van der Waals surface area contributed by atoms with Gasteiger partial charge < -0.3 is 10.1 Å². The second kappa shape index (κ2) is 4.27. The van der Waals surface area contributed by atoms with Crippen molar-refractivity contribution < 1.29 is 4.74 Å². The maximum absolute atomic E-state index is 5.29. The van der Waals surface area contributed by atoms with Crippen molar-refractivity contribution in [1.29, 1.82) is 0 Å². The quantitative estimate of drug-likeness (QED) is 0.878. The zero-order chi connectivity index (χ0) is 12.8. The van der Waals surface area contributed by atoms with Gasteiger partial charge in [0.05, 0.1) is 7.11 Å². The van der Waals surface area contributed by atoms with Crippen molar-refractivity contribution in [1.82, 2.24) is 5.32 Å². The summed E-state index contributed by atoms with van der Waals surface area (Å²) in [6.45, 7) is 4.70. The third-order valence-corrected chi connectivity index (χ3v) is 4.65. The van der Waals surface area contributed by atoms with E-state index in [0.717, 1.165) is 23.8 Å². The molecule has 0 bridgehead atoms. The molecule has 0 saturated heterocycles. The van der Waals surface area contributed by atoms with E-state index in [4.69, 9.17) is 4.74 Å². The Bertz CT molecular complexity index is 434. The first-order chi connectivity index (χ1) is 8.58. The molecule has 98 valence electrons. The minimum Gasteiger partial charge on any atom is -0.497 e. The molecule has 0 aliphatic heterocycles. The SMILES string of the molecule is COc1cccc(C2CC(NC3CC3(C)C)C2)c1. The van der Waals surface area contributed by atoms with Crippen LogP contribution in [0.1, 0.15) is 44.6 Å². The lowest BCUT2D eigenvalue weighted by Gasteiger charge is -2.37. The third kappa shape index (κ3) is 2.26. The highest BCUT2D eigenvalue weighted by atomic mass is 16.5. The maximum Gasteiger partial charge on any atom is 0.119 e. The van der Waals surface area contributed by atoms with Gasteiger partial charge in [0, 0.05) is 12.1 Å². The summed E-state index contributed by atoms with van der Waals surface area (Å²) in [5.74, 6) is 1.70. The number of nitrogens with one attached hydrogen (secondary N) is 1. The Morgan fingerprint density at radius 1 is 1.28 bits per heavy atom. The second-order valence-corrected chi connectivity index (χ2v) is 6.55. The Kier molecular flexibility index (Phi) is 2.86. The largest absolute Gasteiger partial charge is 0.497 e. The lowest BCUT2D eigenvalue weighted by atomic mass is 9.75. The van der Waals surface area contributed by atoms with E-state index in [0.29, 0.717) is 5.41 Å². The van der Waals surface area contributed by atoms with E-state index < -0.39 is 0 Å². The zero-order valence-corrected chi connectivity index (χ0v) is 11.6. The first-order valence-electron chi connectivity index (χ1n) is 6.98. The van der Waals surface area contributed by atoms with Crippen molar-refractivity contribution in [3.05, 3.63) is 29.8 Å². The van der Waals surface area contributed by atoms with Gasteiger partial charge in [-0.1, -0.05) is 26.0 Å². The molecule has 3 rings (SSSR count). The molecule has 0 radical (unpaired) electrons. The van der Waals surface area contributed by atoms with Gasteiger partial charge in [0.1, 0.15) is 5.75 Å². The summed E-state index contributed by atoms with van der Waals surface area (Å²) in [4.78, 5) is 0. The number of ether oxygens (including phenoxy) is 1. The number of methoxy groups -OCH3 is 1. The molecule has 0 spiro atoms. The van der Waals surface area contributed by atoms with Crippen LogP contribution in [0.2, 0.25) is 0 Å². The molecule has 0 heterocycles. The summed E-state index contributed by atoms with van der Waals surface area (Å²) in [5.41, 5.74) is 1.98. The normalized spacial score (nSPS) is 32.7. The predicted octanol–water partition coefficient (Wildman–Crippen LogP) is 3.33. The van der Waals surface area contributed by atoms with Gasteiger partial charge in [-0.15, -0.1) is 0 Å². The fourth-order valence-electron chi connectivity index (χ4n) is 2.96. The number of rotatable bonds is 4. The molecule has 1 aromatic rings. The fraction of sp³-hybridized carbons (Fsp3) is 0.625. The maximum atomic E-state index is 5.29. The third-order valence-electron chi connectivity index (χ3n) is 4.65. The topological polar surface area (TPSA) is 21.3 Å². The minimum atomic E-state index is 0.543. The summed E-state index contributed by atoms with van der Waals surface area (Å²) in [6.07, 6.45) is 3.90. The predicted molar refractivity (Wildman–Crippen MR) is 74.1 cm³/mol. The average molecular weight is 245 g/mol. The first kappa shape index (κ1) is 12.0. The molecule has 0 aromatic heterocycles. The van der Waals surface area contributed by atoms with Crippen LogP contribution in [0.5, 0.6) is 5.75 Å². The summed E-state index contributed by atoms with van der Waals surface area (Å²) >= 11 is 0. The monoisotopic (exact) mass is 245 g/mol. The molecule has 2 nitrogen and oxygen atoms in total. The zero-order valence-electron chi connectivity index (χ0n) is 11.6. The van der Waals surface area contributed by atoms with Crippen LogP contribution >= 0.6 is 0 Å². The van der Waals surface area contributed by atoms with Gasteiger partial charge in [-0.2, -0.15) is 0 Å². The summed E-state index contributed by atoms with van der Waals surface area (Å²) in [7, 11) is 1.74. The molecular formula is C16H23NO. The van der Waals surface area contributed by atoms with Crippen LogP contribution in [0.3, 0.4) is 0 Å². The van der Waals surface area contributed by atoms with Gasteiger partial charge in [-0.3, -0.25) is 0 Å². The Labute approximate surface area is 110 Å². The fourth-order valence-corrected chi connectivity index (χ4v) is 2.96. The van der Waals surface area contributed by atoms with Crippen LogP contribution in [0.4, 0.5) is 0 Å². The Balaban J connectivity index is 1.52. The molecule has 2 saturated carbocycles. The van der Waals surface area contributed by atoms with E-state index in [1.165, 1.54) is 24.8 Å². The summed E-state index contributed by atoms with van der Waals surface area (Å²) < 4.78 is 5.29. The van der Waals surface area contributed by atoms with Crippen molar-refractivity contribution in [2.24, 2.45) is 5.41 Å². The van der Waals surface area contributed by atoms with E-state index >= 15 is 0 Å². The van der Waals surface area contributed by atoms with E-state index in [2.05, 4.69) is 37.4 Å². The molecule has 1 aromatic carbocycles. The lowest BCUT2D eigenvalue weighted by Crippen LogP contribution is -2.42. The van der Waals surface area contributed by atoms with Crippen LogP contribution in [-0.4, -0.2) is 19.2 Å². The molecule has 2 heteroatoms. The lowest BCUT2D eigenvalue weighted by molar-refractivity contribution is 0.278. The van der Waals surface area contributed by atoms with Crippen LogP contribution in [-0.2, 0) is 0 Å². The van der Waals surface area contributed by atoms with E-state index in [9.17, 15) is 0 Å². The van der Waals surface area contributed by atoms with Crippen molar-refractivity contribution in [2.45, 2.75) is 51.1 Å². The molecule has 0 amide bonds. The van der Waals surface area contributed by atoms with Crippen LogP contribution in [0.15, 0.2) is 24.3 Å². The molecule has 2 aliphatic rings. The molecule has 2 fully saturated rings. The standard InChI is InChI=1S/C16H23NO/c1-16(2)10-15(16)17-13-7-12(8-13)11-5-4-6-14(9-11)18-3/h4-6,9,12-13,15,17H,7-8,10H2,1-3H3. The van der Waals surface area contributed by atoms with E-state index in [1.54, 1.807) is 7.11 Å². The summed E-state index contributed by atoms with van der Waals surface area (Å²) in [5, 5.41) is 3.78. The molecule has 1 unspecified atom stereocenters. The van der Waals surface area contributed by atoms with Gasteiger partial charge in [-0.05, 0) is 48.3 Å². The van der Waals surface area contributed by atoms with Gasteiger partial charge in [0.15, 0.2) is 0 Å². The first-order valence-corrected chi connectivity index (χ1v) is 6.98. The Morgan fingerprint density at radius 2 is 2.00 bits per heavy atom. The Morgan fingerprint density at radius 3 is 2.61 bits per heavy atom. The second-order valence-electron chi connectivity index (χ2n) is 6.55. The summed E-state index contributed by atoms with van der Waals surface area (Å²) in [6, 6.07) is 10.0. The minimum absolute atomic E-state index is 0.543. The highest BCUT2D eigenvalue weighted by molar-refractivity contribution is 5.32. The van der Waals surface area contributed by atoms with Crippen molar-refractivity contribution in [3.8, 4) is 5.75 Å². The molecule has 1 N–H and O–H groups in total. The van der Waals surface area contributed by atoms with Crippen molar-refractivity contribution in [2.75, 3.05) is 7.11 Å². The number of hydrogen-bond acceptors (Lipinski definition) is 2. The van der Waals surface area contributed by atoms with Gasteiger partial charge in [-0.25, -0.2) is 0 Å². The highest BCUT2D eigenvalue weighted by Crippen LogP contribution is 2.47. The highest BCUT2D eigenvalue weighted by Gasteiger charge is 2.47. The molecule has 2 aliphatic carbocycles. The van der Waals surface area contributed by atoms with Gasteiger partial charge in [0.2, 0.25) is 0 Å². The number of benzene rings is 1.